The van der Waals surface area contributed by atoms with Crippen molar-refractivity contribution in [1.82, 2.24) is 0 Å². The first-order valence-corrected chi connectivity index (χ1v) is 7.22. The van der Waals surface area contributed by atoms with Crippen LogP contribution in [0.3, 0.4) is 0 Å². The highest BCUT2D eigenvalue weighted by Gasteiger charge is 2.45. The highest BCUT2D eigenvalue weighted by Crippen LogP contribution is 2.42. The molecule has 0 saturated heterocycles. The van der Waals surface area contributed by atoms with Gasteiger partial charge in [-0.15, -0.1) is 0 Å². The highest BCUT2D eigenvalue weighted by atomic mass is 32.2. The lowest BCUT2D eigenvalue weighted by molar-refractivity contribution is -0.0663. The minimum atomic E-state index is -4.07. The van der Waals surface area contributed by atoms with E-state index in [1.165, 1.54) is 0 Å². The molecule has 16 heavy (non-hydrogen) atoms. The van der Waals surface area contributed by atoms with Gasteiger partial charge in [-0.3, -0.25) is 4.55 Å². The Bertz CT molecular complexity index is 352. The van der Waals surface area contributed by atoms with E-state index in [1.54, 1.807) is 0 Å². The monoisotopic (exact) mass is 250 g/mol. The molecule has 0 amide bonds. The van der Waals surface area contributed by atoms with E-state index >= 15 is 0 Å². The zero-order chi connectivity index (χ0) is 11.9. The standard InChI is InChI=1S/C10H18O5S/c11-8-3-1-2-6-4-7(16(13,14)15)5-9(12)10(6)8/h6-12H,1-5H2,(H,13,14,15). The second-order valence-corrected chi connectivity index (χ2v) is 6.71. The van der Waals surface area contributed by atoms with Crippen molar-refractivity contribution in [2.45, 2.75) is 49.6 Å². The summed E-state index contributed by atoms with van der Waals surface area (Å²) in [6, 6.07) is 0. The van der Waals surface area contributed by atoms with Crippen molar-refractivity contribution in [3.05, 3.63) is 0 Å². The third-order valence-electron chi connectivity index (χ3n) is 4.00. The van der Waals surface area contributed by atoms with Gasteiger partial charge in [0.2, 0.25) is 0 Å². The Kier molecular flexibility index (Phi) is 3.27. The fourth-order valence-electron chi connectivity index (χ4n) is 3.24. The lowest BCUT2D eigenvalue weighted by Gasteiger charge is -2.44. The van der Waals surface area contributed by atoms with E-state index in [1.807, 2.05) is 0 Å². The molecule has 2 fully saturated rings. The van der Waals surface area contributed by atoms with Gasteiger partial charge in [-0.2, -0.15) is 8.42 Å². The lowest BCUT2D eigenvalue weighted by Crippen LogP contribution is -2.48. The lowest BCUT2D eigenvalue weighted by atomic mass is 9.68. The summed E-state index contributed by atoms with van der Waals surface area (Å²) in [5, 5.41) is 18.8. The molecule has 0 aromatic heterocycles. The molecule has 2 saturated carbocycles. The van der Waals surface area contributed by atoms with Crippen LogP contribution in [0.15, 0.2) is 0 Å². The van der Waals surface area contributed by atoms with Crippen LogP contribution in [0.2, 0.25) is 0 Å². The number of fused-ring (bicyclic) bond motifs is 1. The molecule has 0 heterocycles. The van der Waals surface area contributed by atoms with Crippen molar-refractivity contribution in [3.63, 3.8) is 0 Å². The zero-order valence-corrected chi connectivity index (χ0v) is 9.81. The van der Waals surface area contributed by atoms with Crippen molar-refractivity contribution >= 4 is 10.1 Å². The largest absolute Gasteiger partial charge is 0.393 e. The minimum Gasteiger partial charge on any atom is -0.393 e. The highest BCUT2D eigenvalue weighted by molar-refractivity contribution is 7.86. The molecular formula is C10H18O5S. The Labute approximate surface area is 95.2 Å². The molecule has 5 atom stereocenters. The average molecular weight is 250 g/mol. The summed E-state index contributed by atoms with van der Waals surface area (Å²) in [5.74, 6) is -0.203. The van der Waals surface area contributed by atoms with Crippen LogP contribution >= 0.6 is 0 Å². The molecule has 0 bridgehead atoms. The van der Waals surface area contributed by atoms with Crippen LogP contribution in [0.25, 0.3) is 0 Å². The predicted octanol–water partition coefficient (Wildman–Crippen LogP) is 0.175. The van der Waals surface area contributed by atoms with Crippen molar-refractivity contribution in [3.8, 4) is 0 Å². The Morgan fingerprint density at radius 1 is 1.00 bits per heavy atom. The zero-order valence-electron chi connectivity index (χ0n) is 8.99. The first-order chi connectivity index (χ1) is 7.39. The van der Waals surface area contributed by atoms with Gasteiger partial charge in [0, 0.05) is 5.92 Å². The van der Waals surface area contributed by atoms with Gasteiger partial charge in [0.25, 0.3) is 10.1 Å². The van der Waals surface area contributed by atoms with E-state index in [-0.39, 0.29) is 18.3 Å². The second kappa shape index (κ2) is 4.25. The third kappa shape index (κ3) is 2.25. The molecule has 3 N–H and O–H groups in total. The van der Waals surface area contributed by atoms with E-state index in [0.717, 1.165) is 12.8 Å². The Balaban J connectivity index is 2.16. The minimum absolute atomic E-state index is 0.0134. The molecule has 0 spiro atoms. The molecular weight excluding hydrogens is 232 g/mol. The van der Waals surface area contributed by atoms with Crippen LogP contribution < -0.4 is 0 Å². The van der Waals surface area contributed by atoms with Crippen LogP contribution in [0.4, 0.5) is 0 Å². The van der Waals surface area contributed by atoms with E-state index in [9.17, 15) is 18.6 Å². The van der Waals surface area contributed by atoms with Gasteiger partial charge < -0.3 is 10.2 Å². The summed E-state index contributed by atoms with van der Waals surface area (Å²) in [4.78, 5) is 0. The Morgan fingerprint density at radius 2 is 1.69 bits per heavy atom. The summed E-state index contributed by atoms with van der Waals surface area (Å²) in [7, 11) is -4.07. The first-order valence-electron chi connectivity index (χ1n) is 5.72. The molecule has 5 unspecified atom stereocenters. The van der Waals surface area contributed by atoms with Crippen LogP contribution in [0.5, 0.6) is 0 Å². The first kappa shape index (κ1) is 12.3. The summed E-state index contributed by atoms with van der Waals surface area (Å²) in [6.07, 6.45) is 1.40. The number of aliphatic hydroxyl groups is 2. The Morgan fingerprint density at radius 3 is 2.31 bits per heavy atom. The van der Waals surface area contributed by atoms with Crippen molar-refractivity contribution in [1.29, 1.82) is 0 Å². The predicted molar refractivity (Wildman–Crippen MR) is 57.4 cm³/mol. The normalized spacial score (nSPS) is 45.1. The van der Waals surface area contributed by atoms with E-state index < -0.39 is 27.6 Å². The topological polar surface area (TPSA) is 94.8 Å². The van der Waals surface area contributed by atoms with Gasteiger partial charge >= 0.3 is 0 Å². The molecule has 0 aliphatic heterocycles. The van der Waals surface area contributed by atoms with Crippen LogP contribution in [0, 0.1) is 11.8 Å². The maximum absolute atomic E-state index is 11.1. The van der Waals surface area contributed by atoms with Crippen LogP contribution in [-0.2, 0) is 10.1 Å². The van der Waals surface area contributed by atoms with E-state index in [2.05, 4.69) is 0 Å². The summed E-state index contributed by atoms with van der Waals surface area (Å²) >= 11 is 0. The van der Waals surface area contributed by atoms with Gasteiger partial charge in [-0.05, 0) is 31.6 Å². The average Bonchev–Trinajstić information content (AvgIpc) is 2.15. The third-order valence-corrected chi connectivity index (χ3v) is 5.23. The number of hydrogen-bond acceptors (Lipinski definition) is 4. The summed E-state index contributed by atoms with van der Waals surface area (Å²) in [6.45, 7) is 0. The Hall–Kier alpha value is -0.170. The van der Waals surface area contributed by atoms with Gasteiger partial charge in [0.15, 0.2) is 0 Å². The number of hydrogen-bond donors (Lipinski definition) is 3. The molecule has 6 heteroatoms. The molecule has 0 aromatic rings. The number of rotatable bonds is 1. The quantitative estimate of drug-likeness (QED) is 0.577. The summed E-state index contributed by atoms with van der Waals surface area (Å²) in [5.41, 5.74) is 0. The van der Waals surface area contributed by atoms with Gasteiger partial charge in [0.1, 0.15) is 0 Å². The number of aliphatic hydroxyl groups excluding tert-OH is 2. The van der Waals surface area contributed by atoms with E-state index in [4.69, 9.17) is 4.55 Å². The van der Waals surface area contributed by atoms with Crippen molar-refractivity contribution in [2.75, 3.05) is 0 Å². The molecule has 0 radical (unpaired) electrons. The van der Waals surface area contributed by atoms with Crippen LogP contribution in [-0.4, -0.2) is 40.6 Å². The van der Waals surface area contributed by atoms with Crippen molar-refractivity contribution < 1.29 is 23.2 Å². The maximum atomic E-state index is 11.1. The van der Waals surface area contributed by atoms with Crippen molar-refractivity contribution in [2.24, 2.45) is 11.8 Å². The molecule has 2 rings (SSSR count). The molecule has 0 aromatic carbocycles. The van der Waals surface area contributed by atoms with E-state index in [0.29, 0.717) is 12.8 Å². The molecule has 5 nitrogen and oxygen atoms in total. The smallest absolute Gasteiger partial charge is 0.267 e. The fourth-order valence-corrected chi connectivity index (χ4v) is 4.17. The van der Waals surface area contributed by atoms with Crippen LogP contribution in [0.1, 0.15) is 32.1 Å². The second-order valence-electron chi connectivity index (χ2n) is 5.01. The molecule has 2 aliphatic rings. The van der Waals surface area contributed by atoms with Gasteiger partial charge in [-0.25, -0.2) is 0 Å². The molecule has 94 valence electrons. The molecule has 2 aliphatic carbocycles. The summed E-state index contributed by atoms with van der Waals surface area (Å²) < 4.78 is 31.2. The maximum Gasteiger partial charge on any atom is 0.267 e. The fraction of sp³-hybridized carbons (Fsp3) is 1.00. The van der Waals surface area contributed by atoms with Gasteiger partial charge in [0.05, 0.1) is 17.5 Å². The van der Waals surface area contributed by atoms with Gasteiger partial charge in [-0.1, -0.05) is 6.42 Å². The SMILES string of the molecule is O=S(=O)(O)C1CC(O)C2C(O)CCCC2C1.